The fourth-order valence-corrected chi connectivity index (χ4v) is 4.84. The van der Waals surface area contributed by atoms with Crippen LogP contribution >= 0.6 is 0 Å². The van der Waals surface area contributed by atoms with Gasteiger partial charge in [-0.25, -0.2) is 0 Å². The Hall–Kier alpha value is -2.02. The number of likely N-dealkylation sites (N-methyl/N-ethyl adjacent to an activating group) is 1. The lowest BCUT2D eigenvalue weighted by molar-refractivity contribution is -0.122. The van der Waals surface area contributed by atoms with Crippen LogP contribution < -0.4 is 11.1 Å². The van der Waals surface area contributed by atoms with Crippen molar-refractivity contribution in [1.82, 2.24) is 9.80 Å². The number of carbonyl (C=O) groups excluding carboxylic acids is 1. The molecule has 3 rings (SSSR count). The molecule has 1 aromatic rings. The number of nitrogens with one attached hydrogen (secondary N) is 1. The van der Waals surface area contributed by atoms with Crippen molar-refractivity contribution in [2.45, 2.75) is 63.1 Å². The maximum Gasteiger partial charge on any atom is 0.236 e. The minimum absolute atomic E-state index is 0.129. The zero-order valence-electron chi connectivity index (χ0n) is 18.0. The molecule has 5 N–H and O–H groups in total. The molecular formula is C22H33N5O3. The van der Waals surface area contributed by atoms with Crippen molar-refractivity contribution in [3.8, 4) is 6.07 Å². The van der Waals surface area contributed by atoms with Gasteiger partial charge < -0.3 is 21.3 Å². The predicted octanol–water partition coefficient (Wildman–Crippen LogP) is 0.806. The second kappa shape index (κ2) is 9.00. The highest BCUT2D eigenvalue weighted by molar-refractivity contribution is 6.06. The molecule has 5 atom stereocenters. The second-order valence-electron chi connectivity index (χ2n) is 8.94. The highest BCUT2D eigenvalue weighted by Crippen LogP contribution is 2.47. The molecule has 0 radical (unpaired) electrons. The molecule has 0 saturated carbocycles. The Bertz CT molecular complexity index is 810. The second-order valence-corrected chi connectivity index (χ2v) is 8.94. The molecular weight excluding hydrogens is 382 g/mol. The molecule has 8 heteroatoms. The van der Waals surface area contributed by atoms with E-state index in [0.29, 0.717) is 25.8 Å². The van der Waals surface area contributed by atoms with Gasteiger partial charge in [-0.15, -0.1) is 0 Å². The molecule has 1 amide bonds. The van der Waals surface area contributed by atoms with Gasteiger partial charge in [-0.05, 0) is 50.4 Å². The van der Waals surface area contributed by atoms with Gasteiger partial charge in [0.25, 0.3) is 0 Å². The van der Waals surface area contributed by atoms with E-state index in [4.69, 9.17) is 5.73 Å². The average Bonchev–Trinajstić information content (AvgIpc) is 3.24. The first-order valence-corrected chi connectivity index (χ1v) is 10.6. The van der Waals surface area contributed by atoms with Crippen LogP contribution in [0.1, 0.15) is 38.7 Å². The van der Waals surface area contributed by atoms with Crippen LogP contribution in [0.15, 0.2) is 24.3 Å². The summed E-state index contributed by atoms with van der Waals surface area (Å²) in [7, 11) is 1.77. The van der Waals surface area contributed by atoms with Gasteiger partial charge in [0, 0.05) is 12.2 Å². The summed E-state index contributed by atoms with van der Waals surface area (Å²) in [4.78, 5) is 16.4. The first-order chi connectivity index (χ1) is 14.2. The van der Waals surface area contributed by atoms with Crippen LogP contribution in [-0.2, 0) is 10.2 Å². The Kier molecular flexibility index (Phi) is 6.80. The third kappa shape index (κ3) is 3.96. The number of fused-ring (bicyclic) bond motifs is 2. The number of aliphatic hydroxyl groups excluding tert-OH is 2. The Balaban J connectivity index is 1.91. The molecule has 1 aromatic carbocycles. The Morgan fingerprint density at radius 1 is 1.40 bits per heavy atom. The van der Waals surface area contributed by atoms with Gasteiger partial charge in [0.1, 0.15) is 18.5 Å². The Labute approximate surface area is 178 Å². The quantitative estimate of drug-likeness (QED) is 0.463. The summed E-state index contributed by atoms with van der Waals surface area (Å²) in [5.74, 6) is 0.139. The van der Waals surface area contributed by atoms with Crippen molar-refractivity contribution in [2.24, 2.45) is 11.7 Å². The maximum atomic E-state index is 13.0. The van der Waals surface area contributed by atoms with Crippen LogP contribution in [-0.4, -0.2) is 70.6 Å². The van der Waals surface area contributed by atoms with Gasteiger partial charge >= 0.3 is 0 Å². The molecule has 0 bridgehead atoms. The van der Waals surface area contributed by atoms with Crippen LogP contribution in [0.5, 0.6) is 0 Å². The summed E-state index contributed by atoms with van der Waals surface area (Å²) in [6.45, 7) is 4.69. The topological polar surface area (TPSA) is 126 Å². The predicted molar refractivity (Wildman–Crippen MR) is 114 cm³/mol. The smallest absolute Gasteiger partial charge is 0.236 e. The molecule has 2 heterocycles. The fourth-order valence-electron chi connectivity index (χ4n) is 4.84. The minimum atomic E-state index is -1.01. The number of anilines is 1. The third-order valence-electron chi connectivity index (χ3n) is 6.48. The van der Waals surface area contributed by atoms with E-state index in [-0.39, 0.29) is 18.4 Å². The van der Waals surface area contributed by atoms with E-state index in [1.165, 1.54) is 0 Å². The highest BCUT2D eigenvalue weighted by Gasteiger charge is 2.56. The van der Waals surface area contributed by atoms with Crippen molar-refractivity contribution >= 4 is 11.6 Å². The zero-order chi connectivity index (χ0) is 22.1. The Morgan fingerprint density at radius 2 is 2.10 bits per heavy atom. The van der Waals surface area contributed by atoms with Gasteiger partial charge in [-0.1, -0.05) is 32.0 Å². The number of nitrogens with two attached hydrogens (primary N) is 1. The van der Waals surface area contributed by atoms with Crippen LogP contribution in [0.2, 0.25) is 0 Å². The highest BCUT2D eigenvalue weighted by atomic mass is 16.3. The SMILES string of the molecule is CC(C)C[C@@H](C(O)N1C[C@]2(C[C@H]1C#N)C(=O)Nc1ccccc12)N(C)C(O)CCN. The monoisotopic (exact) mass is 415 g/mol. The molecule has 164 valence electrons. The molecule has 2 aliphatic rings. The van der Waals surface area contributed by atoms with E-state index >= 15 is 0 Å². The third-order valence-corrected chi connectivity index (χ3v) is 6.48. The largest absolute Gasteiger partial charge is 0.378 e. The molecule has 2 aliphatic heterocycles. The zero-order valence-corrected chi connectivity index (χ0v) is 18.0. The summed E-state index contributed by atoms with van der Waals surface area (Å²) in [5.41, 5.74) is 6.40. The van der Waals surface area contributed by atoms with E-state index in [0.717, 1.165) is 11.3 Å². The molecule has 8 nitrogen and oxygen atoms in total. The summed E-state index contributed by atoms with van der Waals surface area (Å²) in [6.07, 6.45) is -0.453. The van der Waals surface area contributed by atoms with Gasteiger partial charge in [0.05, 0.1) is 17.5 Å². The van der Waals surface area contributed by atoms with Gasteiger partial charge in [-0.2, -0.15) is 5.26 Å². The lowest BCUT2D eigenvalue weighted by Crippen LogP contribution is -2.56. The van der Waals surface area contributed by atoms with E-state index in [9.17, 15) is 20.3 Å². The molecule has 0 aromatic heterocycles. The molecule has 1 spiro atoms. The number of hydrogen-bond acceptors (Lipinski definition) is 7. The van der Waals surface area contributed by atoms with Crippen molar-refractivity contribution in [3.63, 3.8) is 0 Å². The number of carbonyl (C=O) groups is 1. The maximum absolute atomic E-state index is 13.0. The lowest BCUT2D eigenvalue weighted by atomic mass is 9.80. The number of nitriles is 1. The number of aliphatic hydroxyl groups is 2. The summed E-state index contributed by atoms with van der Waals surface area (Å²) in [6, 6.07) is 8.81. The average molecular weight is 416 g/mol. The molecule has 0 aliphatic carbocycles. The van der Waals surface area contributed by atoms with E-state index < -0.39 is 30.0 Å². The van der Waals surface area contributed by atoms with Crippen molar-refractivity contribution < 1.29 is 15.0 Å². The van der Waals surface area contributed by atoms with E-state index in [2.05, 4.69) is 25.2 Å². The van der Waals surface area contributed by atoms with Crippen LogP contribution in [0, 0.1) is 17.2 Å². The summed E-state index contributed by atoms with van der Waals surface area (Å²) < 4.78 is 0. The van der Waals surface area contributed by atoms with Gasteiger partial charge in [0.15, 0.2) is 0 Å². The number of para-hydroxylation sites is 1. The number of benzene rings is 1. The van der Waals surface area contributed by atoms with Crippen LogP contribution in [0.4, 0.5) is 5.69 Å². The van der Waals surface area contributed by atoms with E-state index in [1.54, 1.807) is 16.8 Å². The number of amides is 1. The van der Waals surface area contributed by atoms with Crippen molar-refractivity contribution in [2.75, 3.05) is 25.5 Å². The van der Waals surface area contributed by atoms with Crippen LogP contribution in [0.25, 0.3) is 0 Å². The minimum Gasteiger partial charge on any atom is -0.378 e. The fraction of sp³-hybridized carbons (Fsp3) is 0.636. The first kappa shape index (κ1) is 22.7. The number of rotatable bonds is 8. The molecule has 1 saturated heterocycles. The van der Waals surface area contributed by atoms with Gasteiger partial charge in [0.2, 0.25) is 5.91 Å². The normalized spacial score (nSPS) is 26.6. The summed E-state index contributed by atoms with van der Waals surface area (Å²) >= 11 is 0. The van der Waals surface area contributed by atoms with E-state index in [1.807, 2.05) is 24.3 Å². The van der Waals surface area contributed by atoms with Crippen molar-refractivity contribution in [1.29, 1.82) is 5.26 Å². The molecule has 30 heavy (non-hydrogen) atoms. The van der Waals surface area contributed by atoms with Gasteiger partial charge in [-0.3, -0.25) is 14.6 Å². The van der Waals surface area contributed by atoms with Crippen LogP contribution in [0.3, 0.4) is 0 Å². The number of nitrogens with zero attached hydrogens (tertiary/aromatic N) is 3. The summed E-state index contributed by atoms with van der Waals surface area (Å²) in [5, 5.41) is 34.6. The first-order valence-electron chi connectivity index (χ1n) is 10.6. The molecule has 1 fully saturated rings. The standard InChI is InChI=1S/C22H33N5O3/c1-14(2)10-18(26(3)19(28)8-9-23)20(29)27-13-22(11-15(27)12-24)16-6-4-5-7-17(16)25-21(22)30/h4-7,14-15,18-20,28-29H,8-11,13,23H2,1-3H3,(H,25,30)/t15-,18-,19?,20?,22-/m0/s1. The number of hydrogen-bond donors (Lipinski definition) is 4. The number of likely N-dealkylation sites (tertiary alicyclic amines) is 1. The Morgan fingerprint density at radius 3 is 2.73 bits per heavy atom. The molecule has 2 unspecified atom stereocenters. The van der Waals surface area contributed by atoms with Crippen molar-refractivity contribution in [3.05, 3.63) is 29.8 Å². The lowest BCUT2D eigenvalue weighted by Gasteiger charge is -2.40.